The average molecular weight is 322 g/mol. The number of rotatable bonds is 4. The number of likely N-dealkylation sites (N-methyl/N-ethyl adjacent to an activating group) is 1. The van der Waals surface area contributed by atoms with Crippen molar-refractivity contribution < 1.29 is 0 Å². The van der Waals surface area contributed by atoms with E-state index in [9.17, 15) is 0 Å². The van der Waals surface area contributed by atoms with Crippen LogP contribution >= 0.6 is 11.8 Å². The van der Waals surface area contributed by atoms with E-state index in [0.29, 0.717) is 6.04 Å². The molecule has 1 aliphatic rings. The summed E-state index contributed by atoms with van der Waals surface area (Å²) in [6.07, 6.45) is 6.00. The molecule has 2 heterocycles. The van der Waals surface area contributed by atoms with Crippen LogP contribution in [0.5, 0.6) is 0 Å². The summed E-state index contributed by atoms with van der Waals surface area (Å²) in [5, 5.41) is 1.38. The molecule has 0 amide bonds. The quantitative estimate of drug-likeness (QED) is 0.732. The van der Waals surface area contributed by atoms with E-state index in [4.69, 9.17) is 0 Å². The summed E-state index contributed by atoms with van der Waals surface area (Å²) >= 11 is 1.83. The normalized spacial score (nSPS) is 18.7. The third-order valence-electron chi connectivity index (χ3n) is 4.84. The number of nitrogens with zero attached hydrogens (tertiary/aromatic N) is 1. The summed E-state index contributed by atoms with van der Waals surface area (Å²) in [5.41, 5.74) is 2.70. The topological polar surface area (TPSA) is 19.0 Å². The lowest BCUT2D eigenvalue weighted by atomic mass is 10.0. The van der Waals surface area contributed by atoms with E-state index in [2.05, 4.69) is 71.7 Å². The number of aromatic nitrogens is 1. The Morgan fingerprint density at radius 3 is 2.78 bits per heavy atom. The molecule has 1 aliphatic heterocycles. The van der Waals surface area contributed by atoms with E-state index >= 15 is 0 Å². The van der Waals surface area contributed by atoms with Crippen molar-refractivity contribution in [3.8, 4) is 0 Å². The first-order valence-electron chi connectivity index (χ1n) is 8.33. The number of likely N-dealkylation sites (tertiary alicyclic amines) is 1. The van der Waals surface area contributed by atoms with E-state index in [1.807, 2.05) is 11.8 Å². The molecule has 23 heavy (non-hydrogen) atoms. The first kappa shape index (κ1) is 14.9. The number of fused-ring (bicyclic) bond motifs is 1. The largest absolute Gasteiger partial charge is 0.361 e. The van der Waals surface area contributed by atoms with Gasteiger partial charge in [0.25, 0.3) is 0 Å². The lowest BCUT2D eigenvalue weighted by Gasteiger charge is -2.18. The fourth-order valence-electron chi connectivity index (χ4n) is 3.51. The maximum Gasteiger partial charge on any atom is 0.0457 e. The SMILES string of the molecule is CN1CCC[C@@H]1Cc1c[nH]c2ccc(Sc3ccccc3)cc12. The van der Waals surface area contributed by atoms with Crippen LogP contribution < -0.4 is 0 Å². The maximum absolute atomic E-state index is 3.44. The number of hydrogen-bond donors (Lipinski definition) is 1. The van der Waals surface area contributed by atoms with E-state index in [1.54, 1.807) is 0 Å². The molecule has 1 N–H and O–H groups in total. The van der Waals surface area contributed by atoms with Crippen molar-refractivity contribution in [2.45, 2.75) is 35.1 Å². The lowest BCUT2D eigenvalue weighted by molar-refractivity contribution is 0.310. The Kier molecular flexibility index (Phi) is 4.15. The van der Waals surface area contributed by atoms with Crippen molar-refractivity contribution in [2.75, 3.05) is 13.6 Å². The van der Waals surface area contributed by atoms with Crippen LogP contribution in [0.1, 0.15) is 18.4 Å². The van der Waals surface area contributed by atoms with Crippen molar-refractivity contribution in [3.05, 3.63) is 60.3 Å². The van der Waals surface area contributed by atoms with Crippen LogP contribution in [0.25, 0.3) is 10.9 Å². The molecule has 0 saturated carbocycles. The molecule has 3 aromatic rings. The van der Waals surface area contributed by atoms with Crippen molar-refractivity contribution >= 4 is 22.7 Å². The fourth-order valence-corrected chi connectivity index (χ4v) is 4.38. The minimum atomic E-state index is 0.694. The number of aromatic amines is 1. The number of nitrogens with one attached hydrogen (secondary N) is 1. The van der Waals surface area contributed by atoms with Crippen molar-refractivity contribution in [1.29, 1.82) is 0 Å². The Hall–Kier alpha value is -1.71. The summed E-state index contributed by atoms with van der Waals surface area (Å²) in [6, 6.07) is 18.0. The molecule has 1 fully saturated rings. The lowest BCUT2D eigenvalue weighted by Crippen LogP contribution is -2.26. The summed E-state index contributed by atoms with van der Waals surface area (Å²) in [4.78, 5) is 8.54. The molecule has 0 bridgehead atoms. The van der Waals surface area contributed by atoms with Crippen LogP contribution in [0.4, 0.5) is 0 Å². The van der Waals surface area contributed by atoms with Crippen molar-refractivity contribution in [2.24, 2.45) is 0 Å². The van der Waals surface area contributed by atoms with E-state index in [1.165, 1.54) is 45.6 Å². The maximum atomic E-state index is 3.44. The van der Waals surface area contributed by atoms with Gasteiger partial charge in [0.1, 0.15) is 0 Å². The van der Waals surface area contributed by atoms with Gasteiger partial charge in [-0.2, -0.15) is 0 Å². The van der Waals surface area contributed by atoms with Gasteiger partial charge in [-0.05, 0) is 68.8 Å². The van der Waals surface area contributed by atoms with Crippen LogP contribution in [-0.4, -0.2) is 29.5 Å². The molecule has 0 spiro atoms. The van der Waals surface area contributed by atoms with Crippen LogP contribution in [0.2, 0.25) is 0 Å². The van der Waals surface area contributed by atoms with Gasteiger partial charge in [-0.25, -0.2) is 0 Å². The first-order chi connectivity index (χ1) is 11.3. The predicted molar refractivity (Wildman–Crippen MR) is 98.2 cm³/mol. The molecule has 0 radical (unpaired) electrons. The third kappa shape index (κ3) is 3.17. The van der Waals surface area contributed by atoms with E-state index in [-0.39, 0.29) is 0 Å². The van der Waals surface area contributed by atoms with Gasteiger partial charge in [0, 0.05) is 32.9 Å². The highest BCUT2D eigenvalue weighted by molar-refractivity contribution is 7.99. The van der Waals surface area contributed by atoms with E-state index < -0.39 is 0 Å². The summed E-state index contributed by atoms with van der Waals surface area (Å²) in [6.45, 7) is 1.24. The highest BCUT2D eigenvalue weighted by atomic mass is 32.2. The molecule has 3 heteroatoms. The molecule has 1 aromatic heterocycles. The van der Waals surface area contributed by atoms with Gasteiger partial charge in [-0.3, -0.25) is 0 Å². The molecular weight excluding hydrogens is 300 g/mol. The minimum absolute atomic E-state index is 0.694. The first-order valence-corrected chi connectivity index (χ1v) is 9.14. The second-order valence-corrected chi connectivity index (χ2v) is 7.56. The Balaban J connectivity index is 1.61. The van der Waals surface area contributed by atoms with Gasteiger partial charge in [0.05, 0.1) is 0 Å². The van der Waals surface area contributed by atoms with Crippen molar-refractivity contribution in [3.63, 3.8) is 0 Å². The van der Waals surface area contributed by atoms with E-state index in [0.717, 1.165) is 6.42 Å². The average Bonchev–Trinajstić information content (AvgIpc) is 3.16. The van der Waals surface area contributed by atoms with Gasteiger partial charge in [-0.15, -0.1) is 0 Å². The smallest absolute Gasteiger partial charge is 0.0457 e. The predicted octanol–water partition coefficient (Wildman–Crippen LogP) is 4.96. The van der Waals surface area contributed by atoms with Crippen molar-refractivity contribution in [1.82, 2.24) is 9.88 Å². The summed E-state index contributed by atoms with van der Waals surface area (Å²) in [5.74, 6) is 0. The van der Waals surface area contributed by atoms with Gasteiger partial charge in [0.15, 0.2) is 0 Å². The Bertz CT molecular complexity index is 794. The molecule has 0 aliphatic carbocycles. The minimum Gasteiger partial charge on any atom is -0.361 e. The summed E-state index contributed by atoms with van der Waals surface area (Å²) in [7, 11) is 2.25. The van der Waals surface area contributed by atoms with Gasteiger partial charge < -0.3 is 9.88 Å². The van der Waals surface area contributed by atoms with Gasteiger partial charge >= 0.3 is 0 Å². The Morgan fingerprint density at radius 1 is 1.13 bits per heavy atom. The zero-order chi connectivity index (χ0) is 15.6. The second kappa shape index (κ2) is 6.42. The molecule has 0 unspecified atom stereocenters. The van der Waals surface area contributed by atoms with Crippen LogP contribution in [0.3, 0.4) is 0 Å². The van der Waals surface area contributed by atoms with Gasteiger partial charge in [-0.1, -0.05) is 30.0 Å². The molecule has 118 valence electrons. The van der Waals surface area contributed by atoms with Crippen LogP contribution in [-0.2, 0) is 6.42 Å². The zero-order valence-electron chi connectivity index (χ0n) is 13.5. The molecule has 1 saturated heterocycles. The monoisotopic (exact) mass is 322 g/mol. The molecule has 1 atom stereocenters. The molecule has 2 aromatic carbocycles. The van der Waals surface area contributed by atoms with Gasteiger partial charge in [0.2, 0.25) is 0 Å². The Labute approximate surface area is 141 Å². The molecular formula is C20H22N2S. The van der Waals surface area contributed by atoms with Crippen LogP contribution in [0.15, 0.2) is 64.5 Å². The third-order valence-corrected chi connectivity index (χ3v) is 5.84. The van der Waals surface area contributed by atoms with Crippen LogP contribution in [0, 0.1) is 0 Å². The highest BCUT2D eigenvalue weighted by Crippen LogP contribution is 2.32. The number of hydrogen-bond acceptors (Lipinski definition) is 2. The number of benzene rings is 2. The highest BCUT2D eigenvalue weighted by Gasteiger charge is 2.22. The molecule has 2 nitrogen and oxygen atoms in total. The summed E-state index contributed by atoms with van der Waals surface area (Å²) < 4.78 is 0. The fraction of sp³-hybridized carbons (Fsp3) is 0.300. The zero-order valence-corrected chi connectivity index (χ0v) is 14.3. The Morgan fingerprint density at radius 2 is 2.00 bits per heavy atom. The number of H-pyrrole nitrogens is 1. The second-order valence-electron chi connectivity index (χ2n) is 6.42. The molecule has 4 rings (SSSR count). The standard InChI is InChI=1S/C20H22N2S/c1-22-11-5-6-16(22)12-15-14-21-20-10-9-18(13-19(15)20)23-17-7-3-2-4-8-17/h2-4,7-10,13-14,16,21H,5-6,11-12H2,1H3/t16-/m1/s1.